The van der Waals surface area contributed by atoms with Crippen LogP contribution in [0.5, 0.6) is 5.75 Å². The topological polar surface area (TPSA) is 26.5 Å². The highest BCUT2D eigenvalue weighted by Gasteiger charge is 2.08. The third-order valence-corrected chi connectivity index (χ3v) is 3.24. The fourth-order valence-corrected chi connectivity index (χ4v) is 2.31. The van der Waals surface area contributed by atoms with E-state index in [4.69, 9.17) is 4.74 Å². The Morgan fingerprint density at radius 3 is 3.00 bits per heavy atom. The van der Waals surface area contributed by atoms with E-state index in [0.717, 1.165) is 26.8 Å². The molecule has 0 radical (unpaired) electrons. The smallest absolute Gasteiger partial charge is 0.149 e. The van der Waals surface area contributed by atoms with Crippen molar-refractivity contribution < 1.29 is 4.74 Å². The van der Waals surface area contributed by atoms with Crippen LogP contribution in [0.2, 0.25) is 0 Å². The van der Waals surface area contributed by atoms with E-state index >= 15 is 0 Å². The van der Waals surface area contributed by atoms with E-state index in [1.165, 1.54) is 0 Å². The number of ether oxygens (including phenoxy) is 1. The molecule has 0 fully saturated rings. The molecule has 3 nitrogen and oxygen atoms in total. The van der Waals surface area contributed by atoms with Gasteiger partial charge in [0, 0.05) is 6.20 Å². The number of rotatable bonds is 1. The SMILES string of the molecule is COc1cccc2ccn3c(Br)cnc3c12. The van der Waals surface area contributed by atoms with E-state index in [1.807, 2.05) is 22.7 Å². The first kappa shape index (κ1) is 9.66. The summed E-state index contributed by atoms with van der Waals surface area (Å²) in [5.74, 6) is 0.848. The zero-order valence-electron chi connectivity index (χ0n) is 8.64. The third-order valence-electron chi connectivity index (χ3n) is 2.66. The molecule has 3 aromatic rings. The van der Waals surface area contributed by atoms with Gasteiger partial charge in [-0.05, 0) is 33.4 Å². The molecule has 2 aromatic heterocycles. The Hall–Kier alpha value is -1.55. The summed E-state index contributed by atoms with van der Waals surface area (Å²) >= 11 is 3.46. The van der Waals surface area contributed by atoms with Crippen molar-refractivity contribution in [3.05, 3.63) is 41.3 Å². The van der Waals surface area contributed by atoms with Gasteiger partial charge in [-0.3, -0.25) is 4.40 Å². The lowest BCUT2D eigenvalue weighted by atomic mass is 10.1. The molecular weight excluding hydrogens is 268 g/mol. The summed E-state index contributed by atoms with van der Waals surface area (Å²) in [7, 11) is 1.68. The number of nitrogens with zero attached hydrogens (tertiary/aromatic N) is 2. The number of fused-ring (bicyclic) bond motifs is 3. The minimum atomic E-state index is 0.848. The molecule has 1 aromatic carbocycles. The first-order valence-corrected chi connectivity index (χ1v) is 5.69. The van der Waals surface area contributed by atoms with Crippen LogP contribution in [-0.4, -0.2) is 16.5 Å². The molecule has 4 heteroatoms. The van der Waals surface area contributed by atoms with E-state index in [1.54, 1.807) is 13.3 Å². The molecule has 0 saturated carbocycles. The van der Waals surface area contributed by atoms with Gasteiger partial charge in [0.15, 0.2) is 0 Å². The molecule has 2 heterocycles. The van der Waals surface area contributed by atoms with Gasteiger partial charge in [-0.15, -0.1) is 0 Å². The molecular formula is C12H9BrN2O. The van der Waals surface area contributed by atoms with E-state index < -0.39 is 0 Å². The molecule has 0 aliphatic rings. The summed E-state index contributed by atoms with van der Waals surface area (Å²) in [6.07, 6.45) is 3.79. The Morgan fingerprint density at radius 1 is 1.31 bits per heavy atom. The summed E-state index contributed by atoms with van der Waals surface area (Å²) < 4.78 is 8.31. The molecule has 0 saturated heterocycles. The van der Waals surface area contributed by atoms with Crippen LogP contribution in [0.1, 0.15) is 0 Å². The lowest BCUT2D eigenvalue weighted by molar-refractivity contribution is 0.420. The Labute approximate surface area is 101 Å². The summed E-state index contributed by atoms with van der Waals surface area (Å²) in [5, 5.41) is 2.17. The standard InChI is InChI=1S/C12H9BrN2O/c1-16-9-4-2-3-8-5-6-15-10(13)7-14-12(15)11(8)9/h2-7H,1H3. The van der Waals surface area contributed by atoms with Gasteiger partial charge in [0.1, 0.15) is 16.0 Å². The van der Waals surface area contributed by atoms with Crippen molar-refractivity contribution in [1.29, 1.82) is 0 Å². The predicted molar refractivity (Wildman–Crippen MR) is 67.0 cm³/mol. The second kappa shape index (κ2) is 3.49. The largest absolute Gasteiger partial charge is 0.496 e. The van der Waals surface area contributed by atoms with Crippen molar-refractivity contribution in [2.75, 3.05) is 7.11 Å². The highest BCUT2D eigenvalue weighted by atomic mass is 79.9. The molecule has 0 bridgehead atoms. The number of hydrogen-bond acceptors (Lipinski definition) is 2. The molecule has 0 amide bonds. The van der Waals surface area contributed by atoms with Gasteiger partial charge in [0.25, 0.3) is 0 Å². The minimum absolute atomic E-state index is 0.848. The van der Waals surface area contributed by atoms with Crippen LogP contribution < -0.4 is 4.74 Å². The summed E-state index contributed by atoms with van der Waals surface area (Å²) in [6.45, 7) is 0. The molecule has 0 N–H and O–H groups in total. The van der Waals surface area contributed by atoms with Crippen molar-refractivity contribution in [2.24, 2.45) is 0 Å². The maximum atomic E-state index is 5.38. The predicted octanol–water partition coefficient (Wildman–Crippen LogP) is 3.26. The van der Waals surface area contributed by atoms with Gasteiger partial charge in [0.2, 0.25) is 0 Å². The number of hydrogen-bond donors (Lipinski definition) is 0. The molecule has 0 atom stereocenters. The monoisotopic (exact) mass is 276 g/mol. The zero-order valence-corrected chi connectivity index (χ0v) is 10.2. The van der Waals surface area contributed by atoms with Crippen LogP contribution >= 0.6 is 15.9 Å². The van der Waals surface area contributed by atoms with E-state index in [2.05, 4.69) is 33.0 Å². The maximum absolute atomic E-state index is 5.38. The number of halogens is 1. The average Bonchev–Trinajstić information content (AvgIpc) is 2.70. The van der Waals surface area contributed by atoms with Gasteiger partial charge >= 0.3 is 0 Å². The normalized spacial score (nSPS) is 11.1. The van der Waals surface area contributed by atoms with Gasteiger partial charge in [0.05, 0.1) is 18.7 Å². The Balaban J connectivity index is 2.57. The molecule has 16 heavy (non-hydrogen) atoms. The van der Waals surface area contributed by atoms with Crippen LogP contribution in [0.25, 0.3) is 16.4 Å². The number of imidazole rings is 1. The summed E-state index contributed by atoms with van der Waals surface area (Å²) in [5.41, 5.74) is 0.904. The van der Waals surface area contributed by atoms with Crippen LogP contribution in [0, 0.1) is 0 Å². The van der Waals surface area contributed by atoms with Gasteiger partial charge in [-0.2, -0.15) is 0 Å². The third kappa shape index (κ3) is 1.23. The fourth-order valence-electron chi connectivity index (χ4n) is 1.92. The summed E-state index contributed by atoms with van der Waals surface area (Å²) in [6, 6.07) is 8.04. The molecule has 0 unspecified atom stereocenters. The van der Waals surface area contributed by atoms with Crippen molar-refractivity contribution in [3.63, 3.8) is 0 Å². The second-order valence-electron chi connectivity index (χ2n) is 3.51. The van der Waals surface area contributed by atoms with Crippen LogP contribution in [0.4, 0.5) is 0 Å². The van der Waals surface area contributed by atoms with Crippen LogP contribution in [-0.2, 0) is 0 Å². The van der Waals surface area contributed by atoms with Crippen molar-refractivity contribution in [3.8, 4) is 5.75 Å². The number of aromatic nitrogens is 2. The summed E-state index contributed by atoms with van der Waals surface area (Å²) in [4.78, 5) is 4.39. The lowest BCUT2D eigenvalue weighted by Crippen LogP contribution is -1.90. The maximum Gasteiger partial charge on any atom is 0.149 e. The fraction of sp³-hybridized carbons (Fsp3) is 0.0833. The molecule has 3 rings (SSSR count). The first-order valence-electron chi connectivity index (χ1n) is 4.89. The Bertz CT molecular complexity index is 675. The lowest BCUT2D eigenvalue weighted by Gasteiger charge is -2.06. The van der Waals surface area contributed by atoms with Crippen LogP contribution in [0.3, 0.4) is 0 Å². The second-order valence-corrected chi connectivity index (χ2v) is 4.33. The van der Waals surface area contributed by atoms with Crippen molar-refractivity contribution in [1.82, 2.24) is 9.38 Å². The van der Waals surface area contributed by atoms with Crippen LogP contribution in [0.15, 0.2) is 41.3 Å². The number of benzene rings is 1. The Morgan fingerprint density at radius 2 is 2.19 bits per heavy atom. The minimum Gasteiger partial charge on any atom is -0.496 e. The first-order chi connectivity index (χ1) is 7.81. The quantitative estimate of drug-likeness (QED) is 0.682. The highest BCUT2D eigenvalue weighted by Crippen LogP contribution is 2.30. The van der Waals surface area contributed by atoms with E-state index in [0.29, 0.717) is 0 Å². The molecule has 0 aliphatic heterocycles. The highest BCUT2D eigenvalue weighted by molar-refractivity contribution is 9.10. The van der Waals surface area contributed by atoms with Crippen molar-refractivity contribution >= 4 is 32.3 Å². The molecule has 0 aliphatic carbocycles. The number of pyridine rings is 1. The van der Waals surface area contributed by atoms with Gasteiger partial charge in [-0.25, -0.2) is 4.98 Å². The molecule has 80 valence electrons. The Kier molecular flexibility index (Phi) is 2.11. The van der Waals surface area contributed by atoms with E-state index in [-0.39, 0.29) is 0 Å². The zero-order chi connectivity index (χ0) is 11.1. The average molecular weight is 277 g/mol. The molecule has 0 spiro atoms. The van der Waals surface area contributed by atoms with Crippen molar-refractivity contribution in [2.45, 2.75) is 0 Å². The van der Waals surface area contributed by atoms with Gasteiger partial charge < -0.3 is 4.74 Å². The number of methoxy groups -OCH3 is 1. The van der Waals surface area contributed by atoms with Gasteiger partial charge in [-0.1, -0.05) is 12.1 Å². The van der Waals surface area contributed by atoms with E-state index in [9.17, 15) is 0 Å².